The Morgan fingerprint density at radius 1 is 1.15 bits per heavy atom. The molecule has 0 saturated heterocycles. The fraction of sp³-hybridized carbons (Fsp3) is 0.833. The first kappa shape index (κ1) is 14.0. The molecule has 0 spiro atoms. The van der Waals surface area contributed by atoms with Crippen LogP contribution in [-0.2, 0) is 0 Å². The average Bonchev–Trinajstić information content (AvgIpc) is 1.83. The maximum absolute atomic E-state index is 14.1. The van der Waals surface area contributed by atoms with E-state index >= 15 is 0 Å². The number of halogens is 5. The molecular weight excluding hydrogens is 278 g/mol. The summed E-state index contributed by atoms with van der Waals surface area (Å²) in [5, 5.41) is 0. The van der Waals surface area contributed by atoms with Gasteiger partial charge in [-0.1, -0.05) is 0 Å². The molecule has 13 heavy (non-hydrogen) atoms. The van der Waals surface area contributed by atoms with Crippen molar-refractivity contribution in [2.75, 3.05) is 20.0 Å². The van der Waals surface area contributed by atoms with E-state index in [1.54, 1.807) is 0 Å². The number of rotatable bonds is 2. The molecule has 0 bridgehead atoms. The summed E-state index contributed by atoms with van der Waals surface area (Å²) < 4.78 is 9.83. The van der Waals surface area contributed by atoms with Crippen molar-refractivity contribution in [2.24, 2.45) is 0 Å². The predicted octanol–water partition coefficient (Wildman–Crippen LogP) is 4.50. The zero-order valence-electron chi connectivity index (χ0n) is 7.28. The molecule has 0 aliphatic rings. The molecule has 0 fully saturated rings. The van der Waals surface area contributed by atoms with E-state index in [1.807, 2.05) is 0 Å². The van der Waals surface area contributed by atoms with Crippen molar-refractivity contribution in [3.63, 3.8) is 0 Å². The number of nitrogens with zero attached hydrogens (tertiary/aromatic N) is 1. The SMILES string of the molecule is [C-]#[N+]C(Cl)(Cl)C(Cl)(Cl)P(C)(C)(C)F. The Labute approximate surface area is 97.3 Å². The maximum atomic E-state index is 14.1. The van der Waals surface area contributed by atoms with Gasteiger partial charge in [0.1, 0.15) is 0 Å². The third kappa shape index (κ3) is 2.52. The van der Waals surface area contributed by atoms with Gasteiger partial charge in [0.2, 0.25) is 0 Å². The van der Waals surface area contributed by atoms with E-state index in [0.717, 1.165) is 0 Å². The molecule has 0 unspecified atom stereocenters. The molecule has 0 N–H and O–H groups in total. The van der Waals surface area contributed by atoms with Crippen LogP contribution in [0.25, 0.3) is 4.85 Å². The van der Waals surface area contributed by atoms with E-state index in [9.17, 15) is 4.20 Å². The molecule has 0 aromatic carbocycles. The Morgan fingerprint density at radius 3 is 1.54 bits per heavy atom. The van der Waals surface area contributed by atoms with Crippen LogP contribution in [0.5, 0.6) is 0 Å². The van der Waals surface area contributed by atoms with Crippen LogP contribution in [-0.4, -0.2) is 28.5 Å². The summed E-state index contributed by atoms with van der Waals surface area (Å²) in [6.45, 7) is 6.46. The summed E-state index contributed by atoms with van der Waals surface area (Å²) in [5.41, 5.74) is 0. The molecular formula is C6H9Cl4FNP. The van der Waals surface area contributed by atoms with E-state index in [2.05, 4.69) is 4.85 Å². The molecule has 0 aromatic rings. The third-order valence-corrected chi connectivity index (χ3v) is 9.03. The molecule has 1 nitrogen and oxygen atoms in total. The number of hydrogen-bond donors (Lipinski definition) is 0. The van der Waals surface area contributed by atoms with Gasteiger partial charge in [-0.2, -0.15) is 0 Å². The van der Waals surface area contributed by atoms with Crippen LogP contribution in [0.4, 0.5) is 4.20 Å². The molecule has 0 aliphatic carbocycles. The van der Waals surface area contributed by atoms with Gasteiger partial charge in [0, 0.05) is 0 Å². The zero-order valence-corrected chi connectivity index (χ0v) is 11.2. The molecule has 0 saturated carbocycles. The normalized spacial score (nSPS) is 17.3. The molecule has 0 aliphatic heterocycles. The van der Waals surface area contributed by atoms with E-state index < -0.39 is 15.4 Å². The minimum absolute atomic E-state index is 1.25. The van der Waals surface area contributed by atoms with Crippen molar-refractivity contribution >= 4 is 53.3 Å². The topological polar surface area (TPSA) is 4.36 Å². The van der Waals surface area contributed by atoms with Gasteiger partial charge in [0.15, 0.2) is 0 Å². The van der Waals surface area contributed by atoms with Crippen molar-refractivity contribution in [3.8, 4) is 0 Å². The number of hydrogen-bond acceptors (Lipinski definition) is 0. The Kier molecular flexibility index (Phi) is 3.51. The first-order valence-corrected chi connectivity index (χ1v) is 8.17. The van der Waals surface area contributed by atoms with Crippen molar-refractivity contribution in [2.45, 2.75) is 8.53 Å². The van der Waals surface area contributed by atoms with Crippen molar-refractivity contribution in [3.05, 3.63) is 11.4 Å². The molecule has 0 radical (unpaired) electrons. The first-order chi connectivity index (χ1) is 5.32. The molecule has 7 heteroatoms. The van der Waals surface area contributed by atoms with Crippen LogP contribution in [0.15, 0.2) is 0 Å². The quantitative estimate of drug-likeness (QED) is 0.305. The summed E-state index contributed by atoms with van der Waals surface area (Å²) in [4.78, 5) is 2.81. The third-order valence-electron chi connectivity index (χ3n) is 1.45. The number of alkyl halides is 4. The van der Waals surface area contributed by atoms with E-state index in [0.29, 0.717) is 0 Å². The molecule has 0 amide bonds. The van der Waals surface area contributed by atoms with Crippen molar-refractivity contribution in [1.82, 2.24) is 0 Å². The van der Waals surface area contributed by atoms with Gasteiger partial charge in [-0.15, -0.1) is 0 Å². The minimum atomic E-state index is -3.95. The van der Waals surface area contributed by atoms with Gasteiger partial charge in [-0.3, -0.25) is 0 Å². The zero-order chi connectivity index (χ0) is 11.2. The Bertz CT molecular complexity index is 253. The van der Waals surface area contributed by atoms with Crippen molar-refractivity contribution in [1.29, 1.82) is 0 Å². The van der Waals surface area contributed by atoms with Gasteiger partial charge in [-0.05, 0) is 0 Å². The molecule has 78 valence electrons. The Hall–Kier alpha value is 1.01. The summed E-state index contributed by atoms with van der Waals surface area (Å²) in [7, 11) is 0. The van der Waals surface area contributed by atoms with Crippen LogP contribution in [0.2, 0.25) is 0 Å². The van der Waals surface area contributed by atoms with Gasteiger partial charge in [-0.25, -0.2) is 0 Å². The van der Waals surface area contributed by atoms with Gasteiger partial charge in [0.25, 0.3) is 0 Å². The summed E-state index contributed by atoms with van der Waals surface area (Å²) in [6.07, 6.45) is 0. The standard InChI is InChI=1S/C6H9Cl4FNP/c1-12-5(7,8)6(9,10)13(2,3,4)11/h2-4H3. The summed E-state index contributed by atoms with van der Waals surface area (Å²) >= 11 is 22.5. The first-order valence-electron chi connectivity index (χ1n) is 3.19. The second-order valence-corrected chi connectivity index (χ2v) is 12.8. The van der Waals surface area contributed by atoms with Crippen LogP contribution in [0, 0.1) is 6.57 Å². The second kappa shape index (κ2) is 3.26. The van der Waals surface area contributed by atoms with Gasteiger partial charge in [0.05, 0.1) is 0 Å². The van der Waals surface area contributed by atoms with E-state index in [1.165, 1.54) is 20.0 Å². The van der Waals surface area contributed by atoms with Crippen molar-refractivity contribution < 1.29 is 4.20 Å². The van der Waals surface area contributed by atoms with Gasteiger partial charge < -0.3 is 0 Å². The van der Waals surface area contributed by atoms with Crippen LogP contribution >= 0.6 is 53.3 Å². The second-order valence-electron chi connectivity index (χ2n) is 3.80. The fourth-order valence-corrected chi connectivity index (χ4v) is 3.28. The van der Waals surface area contributed by atoms with E-state index in [4.69, 9.17) is 53.0 Å². The summed E-state index contributed by atoms with van der Waals surface area (Å²) in [6, 6.07) is 0. The van der Waals surface area contributed by atoms with Crippen LogP contribution < -0.4 is 0 Å². The van der Waals surface area contributed by atoms with E-state index in [-0.39, 0.29) is 0 Å². The molecule has 0 heterocycles. The average molecular weight is 287 g/mol. The Morgan fingerprint density at radius 2 is 1.46 bits per heavy atom. The summed E-state index contributed by atoms with van der Waals surface area (Å²) in [5.74, 6) is 0. The fourth-order valence-electron chi connectivity index (χ4n) is 0.522. The molecule has 0 rings (SSSR count). The molecule has 0 atom stereocenters. The molecule has 0 aromatic heterocycles. The van der Waals surface area contributed by atoms with Gasteiger partial charge >= 0.3 is 97.5 Å². The predicted molar refractivity (Wildman–Crippen MR) is 61.3 cm³/mol. The van der Waals surface area contributed by atoms with Crippen LogP contribution in [0.1, 0.15) is 0 Å². The Balaban J connectivity index is 5.39. The monoisotopic (exact) mass is 285 g/mol. The van der Waals surface area contributed by atoms with Crippen LogP contribution in [0.3, 0.4) is 0 Å².